The van der Waals surface area contributed by atoms with Gasteiger partial charge in [0.2, 0.25) is 6.79 Å². The van der Waals surface area contributed by atoms with Crippen LogP contribution < -0.4 is 18.9 Å². The molecule has 1 aromatic heterocycles. The maximum Gasteiger partial charge on any atom is 0.231 e. The average molecular weight is 298 g/mol. The summed E-state index contributed by atoms with van der Waals surface area (Å²) in [6.07, 6.45) is 0. The van der Waals surface area contributed by atoms with Gasteiger partial charge in [-0.05, 0) is 12.1 Å². The van der Waals surface area contributed by atoms with Gasteiger partial charge in [-0.25, -0.2) is 4.98 Å². The predicted octanol–water partition coefficient (Wildman–Crippen LogP) is 2.88. The Bertz CT molecular complexity index is 787. The number of nitrogens with zero attached hydrogens (tertiary/aromatic N) is 1. The molecule has 6 nitrogen and oxygen atoms in total. The Hall–Kier alpha value is -2.89. The van der Waals surface area contributed by atoms with Crippen LogP contribution in [0.2, 0.25) is 0 Å². The van der Waals surface area contributed by atoms with Gasteiger partial charge >= 0.3 is 0 Å². The number of imidazole rings is 1. The third-order valence-electron chi connectivity index (χ3n) is 3.46. The van der Waals surface area contributed by atoms with Gasteiger partial charge in [0.1, 0.15) is 12.4 Å². The molecule has 6 heteroatoms. The van der Waals surface area contributed by atoms with Crippen molar-refractivity contribution in [3.05, 3.63) is 42.2 Å². The summed E-state index contributed by atoms with van der Waals surface area (Å²) in [4.78, 5) is 7.72. The Labute approximate surface area is 126 Å². The molecule has 112 valence electrons. The molecule has 1 aliphatic rings. The van der Waals surface area contributed by atoms with E-state index in [-0.39, 0.29) is 6.79 Å². The lowest BCUT2D eigenvalue weighted by Gasteiger charge is -2.08. The van der Waals surface area contributed by atoms with Crippen LogP contribution in [-0.4, -0.2) is 23.9 Å². The minimum absolute atomic E-state index is 0.256. The van der Waals surface area contributed by atoms with Crippen molar-refractivity contribution in [3.8, 4) is 23.0 Å². The number of rotatable bonds is 4. The van der Waals surface area contributed by atoms with Gasteiger partial charge in [-0.3, -0.25) is 0 Å². The first kappa shape index (κ1) is 12.8. The van der Waals surface area contributed by atoms with Crippen molar-refractivity contribution in [2.75, 3.05) is 13.9 Å². The minimum atomic E-state index is 0.256. The first-order valence-electron chi connectivity index (χ1n) is 6.87. The van der Waals surface area contributed by atoms with Gasteiger partial charge in [0.15, 0.2) is 23.0 Å². The summed E-state index contributed by atoms with van der Waals surface area (Å²) in [5.74, 6) is 3.55. The molecular formula is C16H14N2O4. The summed E-state index contributed by atoms with van der Waals surface area (Å²) in [7, 11) is 1.62. The zero-order chi connectivity index (χ0) is 14.9. The lowest BCUT2D eigenvalue weighted by Crippen LogP contribution is -1.99. The Kier molecular flexibility index (Phi) is 3.00. The van der Waals surface area contributed by atoms with E-state index in [0.29, 0.717) is 18.1 Å². The zero-order valence-electron chi connectivity index (χ0n) is 12.0. The Morgan fingerprint density at radius 2 is 1.91 bits per heavy atom. The van der Waals surface area contributed by atoms with E-state index in [0.717, 1.165) is 28.4 Å². The van der Waals surface area contributed by atoms with Gasteiger partial charge in [-0.2, -0.15) is 0 Å². The van der Waals surface area contributed by atoms with Gasteiger partial charge in [-0.15, -0.1) is 0 Å². The largest absolute Gasteiger partial charge is 0.493 e. The van der Waals surface area contributed by atoms with Crippen molar-refractivity contribution in [1.29, 1.82) is 0 Å². The Balaban J connectivity index is 1.57. The fourth-order valence-electron chi connectivity index (χ4n) is 2.41. The predicted molar refractivity (Wildman–Crippen MR) is 79.5 cm³/mol. The molecule has 0 radical (unpaired) electrons. The third-order valence-corrected chi connectivity index (χ3v) is 3.46. The van der Waals surface area contributed by atoms with Crippen molar-refractivity contribution in [2.45, 2.75) is 6.61 Å². The van der Waals surface area contributed by atoms with Crippen LogP contribution in [0.1, 0.15) is 5.82 Å². The Morgan fingerprint density at radius 1 is 1.14 bits per heavy atom. The normalized spacial score (nSPS) is 12.6. The van der Waals surface area contributed by atoms with Crippen molar-refractivity contribution in [3.63, 3.8) is 0 Å². The number of methoxy groups -OCH3 is 1. The maximum atomic E-state index is 5.76. The molecule has 2 aromatic carbocycles. The second kappa shape index (κ2) is 5.14. The molecular weight excluding hydrogens is 284 g/mol. The number of hydrogen-bond acceptors (Lipinski definition) is 5. The minimum Gasteiger partial charge on any atom is -0.493 e. The molecule has 0 saturated heterocycles. The SMILES string of the molecule is COc1ccccc1OCc1nc2cc3c(cc2[nH]1)OCO3. The molecule has 0 atom stereocenters. The van der Waals surface area contributed by atoms with Crippen LogP contribution in [0.15, 0.2) is 36.4 Å². The fourth-order valence-corrected chi connectivity index (χ4v) is 2.41. The van der Waals surface area contributed by atoms with E-state index in [1.807, 2.05) is 36.4 Å². The van der Waals surface area contributed by atoms with Crippen molar-refractivity contribution < 1.29 is 18.9 Å². The average Bonchev–Trinajstić information content (AvgIpc) is 3.15. The van der Waals surface area contributed by atoms with Gasteiger partial charge in [0.05, 0.1) is 18.1 Å². The highest BCUT2D eigenvalue weighted by atomic mass is 16.7. The number of para-hydroxylation sites is 2. The lowest BCUT2D eigenvalue weighted by atomic mass is 10.3. The van der Waals surface area contributed by atoms with E-state index in [1.165, 1.54) is 0 Å². The first-order chi connectivity index (χ1) is 10.8. The Morgan fingerprint density at radius 3 is 2.73 bits per heavy atom. The summed E-state index contributed by atoms with van der Waals surface area (Å²) < 4.78 is 21.7. The van der Waals surface area contributed by atoms with Crippen LogP contribution >= 0.6 is 0 Å². The molecule has 0 bridgehead atoms. The smallest absolute Gasteiger partial charge is 0.231 e. The van der Waals surface area contributed by atoms with Crippen molar-refractivity contribution in [1.82, 2.24) is 9.97 Å². The number of nitrogens with one attached hydrogen (secondary N) is 1. The topological polar surface area (TPSA) is 65.6 Å². The molecule has 0 amide bonds. The van der Waals surface area contributed by atoms with Crippen LogP contribution in [-0.2, 0) is 6.61 Å². The van der Waals surface area contributed by atoms with Gasteiger partial charge in [0.25, 0.3) is 0 Å². The summed E-state index contributed by atoms with van der Waals surface area (Å²) in [6, 6.07) is 11.3. The van der Waals surface area contributed by atoms with E-state index < -0.39 is 0 Å². The third kappa shape index (κ3) is 2.18. The van der Waals surface area contributed by atoms with E-state index in [4.69, 9.17) is 18.9 Å². The first-order valence-corrected chi connectivity index (χ1v) is 6.87. The molecule has 0 unspecified atom stereocenters. The van der Waals surface area contributed by atoms with Crippen LogP contribution in [0.4, 0.5) is 0 Å². The molecule has 4 rings (SSSR count). The molecule has 22 heavy (non-hydrogen) atoms. The summed E-state index contributed by atoms with van der Waals surface area (Å²) >= 11 is 0. The summed E-state index contributed by atoms with van der Waals surface area (Å²) in [6.45, 7) is 0.577. The van der Waals surface area contributed by atoms with Gasteiger partial charge in [0, 0.05) is 12.1 Å². The van der Waals surface area contributed by atoms with Gasteiger partial charge < -0.3 is 23.9 Å². The van der Waals surface area contributed by atoms with Gasteiger partial charge in [-0.1, -0.05) is 12.1 Å². The molecule has 0 spiro atoms. The number of aromatic nitrogens is 2. The van der Waals surface area contributed by atoms with E-state index >= 15 is 0 Å². The molecule has 0 fully saturated rings. The standard InChI is InChI=1S/C16H14N2O4/c1-19-12-4-2-3-5-13(12)20-8-16-17-10-6-14-15(22-9-21-14)7-11(10)18-16/h2-7H,8-9H2,1H3,(H,17,18). The maximum absolute atomic E-state index is 5.76. The number of fused-ring (bicyclic) bond motifs is 2. The summed E-state index contributed by atoms with van der Waals surface area (Å²) in [5, 5.41) is 0. The molecule has 2 heterocycles. The van der Waals surface area contributed by atoms with E-state index in [1.54, 1.807) is 7.11 Å². The summed E-state index contributed by atoms with van der Waals surface area (Å²) in [5.41, 5.74) is 1.71. The lowest BCUT2D eigenvalue weighted by molar-refractivity contribution is 0.174. The number of benzene rings is 2. The number of hydrogen-bond donors (Lipinski definition) is 1. The quantitative estimate of drug-likeness (QED) is 0.802. The van der Waals surface area contributed by atoms with Crippen LogP contribution in [0.5, 0.6) is 23.0 Å². The highest BCUT2D eigenvalue weighted by molar-refractivity contribution is 5.80. The van der Waals surface area contributed by atoms with Crippen LogP contribution in [0, 0.1) is 0 Å². The second-order valence-corrected chi connectivity index (χ2v) is 4.85. The van der Waals surface area contributed by atoms with Crippen LogP contribution in [0.3, 0.4) is 0 Å². The van der Waals surface area contributed by atoms with E-state index in [2.05, 4.69) is 9.97 Å². The molecule has 1 N–H and O–H groups in total. The molecule has 0 saturated carbocycles. The number of ether oxygens (including phenoxy) is 4. The van der Waals surface area contributed by atoms with Crippen LogP contribution in [0.25, 0.3) is 11.0 Å². The van der Waals surface area contributed by atoms with E-state index in [9.17, 15) is 0 Å². The fraction of sp³-hybridized carbons (Fsp3) is 0.188. The monoisotopic (exact) mass is 298 g/mol. The molecule has 3 aromatic rings. The second-order valence-electron chi connectivity index (χ2n) is 4.85. The highest BCUT2D eigenvalue weighted by Gasteiger charge is 2.16. The zero-order valence-corrected chi connectivity index (χ0v) is 12.0. The highest BCUT2D eigenvalue weighted by Crippen LogP contribution is 2.35. The molecule has 1 aliphatic heterocycles. The number of aromatic amines is 1. The molecule has 0 aliphatic carbocycles. The van der Waals surface area contributed by atoms with Crippen molar-refractivity contribution in [2.24, 2.45) is 0 Å². The van der Waals surface area contributed by atoms with Crippen molar-refractivity contribution >= 4 is 11.0 Å². The number of H-pyrrole nitrogens is 1.